The van der Waals surface area contributed by atoms with Crippen molar-refractivity contribution in [1.82, 2.24) is 0 Å². The van der Waals surface area contributed by atoms with Crippen molar-refractivity contribution in [3.05, 3.63) is 11.6 Å². The second-order valence-corrected chi connectivity index (χ2v) is 5.53. The lowest BCUT2D eigenvalue weighted by Gasteiger charge is -2.55. The van der Waals surface area contributed by atoms with Gasteiger partial charge in [-0.25, -0.2) is 0 Å². The van der Waals surface area contributed by atoms with Crippen LogP contribution >= 0.6 is 0 Å². The molecule has 2 atom stereocenters. The van der Waals surface area contributed by atoms with Crippen molar-refractivity contribution in [1.29, 1.82) is 0 Å². The Hall–Kier alpha value is 0.390. The highest BCUT2D eigenvalue weighted by Crippen LogP contribution is 2.44. The largest absolute Gasteiger partial charge is 1.00 e. The number of halogens is 1. The van der Waals surface area contributed by atoms with E-state index in [-0.39, 0.29) is 30.1 Å². The Labute approximate surface area is 109 Å². The summed E-state index contributed by atoms with van der Waals surface area (Å²) in [7, 11) is 2.41. The van der Waals surface area contributed by atoms with Gasteiger partial charge >= 0.3 is 0 Å². The van der Waals surface area contributed by atoms with Crippen LogP contribution in [0.3, 0.4) is 0 Å². The summed E-state index contributed by atoms with van der Waals surface area (Å²) >= 11 is 0. The second-order valence-electron chi connectivity index (χ2n) is 5.53. The lowest BCUT2D eigenvalue weighted by Crippen LogP contribution is -3.00. The van der Waals surface area contributed by atoms with E-state index in [1.807, 2.05) is 0 Å². The van der Waals surface area contributed by atoms with E-state index in [0.717, 1.165) is 18.4 Å². The van der Waals surface area contributed by atoms with Gasteiger partial charge in [0.15, 0.2) is 0 Å². The van der Waals surface area contributed by atoms with E-state index >= 15 is 0 Å². The van der Waals surface area contributed by atoms with Crippen molar-refractivity contribution >= 4 is 0 Å². The minimum absolute atomic E-state index is 0. The summed E-state index contributed by atoms with van der Waals surface area (Å²) in [5.74, 6) is 0.815. The van der Waals surface area contributed by atoms with Gasteiger partial charge in [-0.05, 0) is 17.9 Å². The minimum atomic E-state index is -0.145. The highest BCUT2D eigenvalue weighted by Gasteiger charge is 2.48. The lowest BCUT2D eigenvalue weighted by atomic mass is 9.72. The molecule has 0 aromatic carbocycles. The number of hydrogen-bond donors (Lipinski definition) is 1. The van der Waals surface area contributed by atoms with Gasteiger partial charge in [0.2, 0.25) is 0 Å². The number of aliphatic hydroxyl groups excluding tert-OH is 1. The van der Waals surface area contributed by atoms with Gasteiger partial charge in [-0.2, -0.15) is 0 Å². The van der Waals surface area contributed by atoms with E-state index in [4.69, 9.17) is 0 Å². The molecule has 1 N–H and O–H groups in total. The first kappa shape index (κ1) is 11.9. The fraction of sp³-hybridized carbons (Fsp3) is 0.833. The van der Waals surface area contributed by atoms with Crippen LogP contribution in [-0.4, -0.2) is 41.9 Å². The van der Waals surface area contributed by atoms with Crippen molar-refractivity contribution in [3.8, 4) is 0 Å². The summed E-state index contributed by atoms with van der Waals surface area (Å²) in [4.78, 5) is 0. The molecule has 0 aromatic heterocycles. The summed E-state index contributed by atoms with van der Waals surface area (Å²) in [5, 5.41) is 9.68. The number of aliphatic hydroxyl groups is 1. The van der Waals surface area contributed by atoms with Crippen molar-refractivity contribution in [2.75, 3.05) is 20.1 Å². The van der Waals surface area contributed by atoms with Crippen molar-refractivity contribution in [3.63, 3.8) is 0 Å². The molecule has 0 aromatic rings. The summed E-state index contributed by atoms with van der Waals surface area (Å²) < 4.78 is 1.26. The molecule has 4 aliphatic rings. The normalized spacial score (nSPS) is 47.9. The predicted octanol–water partition coefficient (Wildman–Crippen LogP) is -1.69. The van der Waals surface area contributed by atoms with Crippen LogP contribution in [0.2, 0.25) is 0 Å². The Morgan fingerprint density at radius 3 is 2.53 bits per heavy atom. The molecule has 2 nitrogen and oxygen atoms in total. The van der Waals surface area contributed by atoms with Crippen LogP contribution in [0, 0.1) is 5.92 Å². The van der Waals surface area contributed by atoms with Gasteiger partial charge in [-0.1, -0.05) is 6.08 Å². The molecule has 3 aliphatic heterocycles. The average molecular weight is 321 g/mol. The number of nitrogens with zero attached hydrogens (tertiary/aromatic N) is 1. The second kappa shape index (κ2) is 4.00. The smallest absolute Gasteiger partial charge is 0.111 e. The zero-order valence-electron chi connectivity index (χ0n) is 9.32. The van der Waals surface area contributed by atoms with E-state index in [1.54, 1.807) is 5.57 Å². The van der Waals surface area contributed by atoms with Gasteiger partial charge < -0.3 is 33.6 Å². The lowest BCUT2D eigenvalue weighted by molar-refractivity contribution is -0.941. The summed E-state index contributed by atoms with van der Waals surface area (Å²) in [5.41, 5.74) is 1.60. The molecule has 3 saturated heterocycles. The predicted molar refractivity (Wildman–Crippen MR) is 55.8 cm³/mol. The number of fused-ring (bicyclic) bond motifs is 2. The topological polar surface area (TPSA) is 20.2 Å². The Balaban J connectivity index is 0.000000853. The molecular weight excluding hydrogens is 301 g/mol. The van der Waals surface area contributed by atoms with E-state index in [1.165, 1.54) is 36.8 Å². The third kappa shape index (κ3) is 1.76. The van der Waals surface area contributed by atoms with Crippen LogP contribution < -0.4 is 24.0 Å². The number of quaternary nitrogens is 1. The van der Waals surface area contributed by atoms with Gasteiger partial charge in [-0.15, -0.1) is 0 Å². The third-order valence-electron chi connectivity index (χ3n) is 4.71. The van der Waals surface area contributed by atoms with Crippen LogP contribution in [-0.2, 0) is 0 Å². The van der Waals surface area contributed by atoms with Gasteiger partial charge in [0.05, 0.1) is 26.2 Å². The van der Waals surface area contributed by atoms with E-state index < -0.39 is 0 Å². The first-order valence-corrected chi connectivity index (χ1v) is 5.93. The quantitative estimate of drug-likeness (QED) is 0.321. The zero-order valence-corrected chi connectivity index (χ0v) is 11.5. The van der Waals surface area contributed by atoms with E-state index in [2.05, 4.69) is 13.1 Å². The maximum absolute atomic E-state index is 9.68. The summed E-state index contributed by atoms with van der Waals surface area (Å²) in [6.45, 7) is 2.73. The minimum Gasteiger partial charge on any atom is -1.00 e. The molecule has 3 fully saturated rings. The highest BCUT2D eigenvalue weighted by molar-refractivity contribution is 5.21. The van der Waals surface area contributed by atoms with Gasteiger partial charge in [-0.3, -0.25) is 0 Å². The van der Waals surface area contributed by atoms with Crippen LogP contribution in [0.15, 0.2) is 11.6 Å². The molecule has 3 heterocycles. The monoisotopic (exact) mass is 321 g/mol. The Morgan fingerprint density at radius 1 is 1.20 bits per heavy atom. The number of piperidine rings is 3. The Kier molecular flexibility index (Phi) is 3.17. The van der Waals surface area contributed by atoms with E-state index in [9.17, 15) is 5.11 Å². The molecule has 2 bridgehead atoms. The molecule has 0 spiro atoms. The first-order valence-electron chi connectivity index (χ1n) is 5.93. The van der Waals surface area contributed by atoms with Crippen LogP contribution in [0.1, 0.15) is 25.7 Å². The maximum Gasteiger partial charge on any atom is 0.111 e. The van der Waals surface area contributed by atoms with Crippen molar-refractivity contribution < 1.29 is 33.6 Å². The maximum atomic E-state index is 9.68. The van der Waals surface area contributed by atoms with E-state index in [0.29, 0.717) is 0 Å². The van der Waals surface area contributed by atoms with Gasteiger partial charge in [0.25, 0.3) is 0 Å². The average Bonchev–Trinajstić information content (AvgIpc) is 2.18. The molecule has 0 radical (unpaired) electrons. The van der Waals surface area contributed by atoms with Gasteiger partial charge in [0.1, 0.15) is 6.04 Å². The molecule has 2 unspecified atom stereocenters. The SMILES string of the molecule is C[N+]12CCC(CC1)C1=CC(O)CCC12.[I-]. The summed E-state index contributed by atoms with van der Waals surface area (Å²) in [6.07, 6.45) is 6.92. The van der Waals surface area contributed by atoms with Crippen LogP contribution in [0.5, 0.6) is 0 Å². The number of rotatable bonds is 0. The molecule has 15 heavy (non-hydrogen) atoms. The number of hydrogen-bond acceptors (Lipinski definition) is 1. The summed E-state index contributed by atoms with van der Waals surface area (Å²) in [6, 6.07) is 0.755. The molecule has 3 heteroatoms. The molecule has 86 valence electrons. The van der Waals surface area contributed by atoms with Crippen LogP contribution in [0.4, 0.5) is 0 Å². The molecule has 0 saturated carbocycles. The van der Waals surface area contributed by atoms with Crippen molar-refractivity contribution in [2.24, 2.45) is 5.92 Å². The Morgan fingerprint density at radius 2 is 1.87 bits per heavy atom. The molecular formula is C12H20INO. The first-order chi connectivity index (χ1) is 6.69. The molecule has 1 aliphatic carbocycles. The highest BCUT2D eigenvalue weighted by atomic mass is 127. The fourth-order valence-corrected chi connectivity index (χ4v) is 3.79. The standard InChI is InChI=1S/C12H20NO.HI/c1-13-6-4-9(5-7-13)11-8-10(14)2-3-12(11)13;/h8-10,12,14H,2-7H2,1H3;1H/q+1;/p-1. The third-order valence-corrected chi connectivity index (χ3v) is 4.71. The fourth-order valence-electron chi connectivity index (χ4n) is 3.79. The number of likely N-dealkylation sites (N-methyl/N-ethyl adjacent to an activating group) is 1. The Bertz CT molecular complexity index is 281. The van der Waals surface area contributed by atoms with Gasteiger partial charge in [0, 0.05) is 19.3 Å². The van der Waals surface area contributed by atoms with Crippen LogP contribution in [0.25, 0.3) is 0 Å². The molecule has 0 amide bonds. The molecule has 4 rings (SSSR count). The van der Waals surface area contributed by atoms with Crippen molar-refractivity contribution in [2.45, 2.75) is 37.8 Å². The zero-order chi connectivity index (χ0) is 9.76.